The van der Waals surface area contributed by atoms with Gasteiger partial charge in [-0.15, -0.1) is 0 Å². The summed E-state index contributed by atoms with van der Waals surface area (Å²) in [6.45, 7) is 13.0. The Kier molecular flexibility index (Phi) is 5.89. The predicted molar refractivity (Wildman–Crippen MR) is 76.7 cm³/mol. The molecular formula is C15H28N2O. The van der Waals surface area contributed by atoms with Gasteiger partial charge in [0.2, 0.25) is 0 Å². The van der Waals surface area contributed by atoms with Crippen LogP contribution in [-0.4, -0.2) is 31.6 Å². The number of hydrogen-bond acceptors (Lipinski definition) is 3. The van der Waals surface area contributed by atoms with Crippen molar-refractivity contribution in [3.8, 4) is 0 Å². The van der Waals surface area contributed by atoms with Crippen molar-refractivity contribution in [2.75, 3.05) is 26.7 Å². The lowest BCUT2D eigenvalue weighted by molar-refractivity contribution is 0.175. The van der Waals surface area contributed by atoms with Crippen LogP contribution >= 0.6 is 0 Å². The largest absolute Gasteiger partial charge is 0.469 e. The molecule has 18 heavy (non-hydrogen) atoms. The maximum atomic E-state index is 5.35. The van der Waals surface area contributed by atoms with E-state index in [1.165, 1.54) is 12.0 Å². The molecule has 1 atom stereocenters. The van der Waals surface area contributed by atoms with Gasteiger partial charge >= 0.3 is 0 Å². The monoisotopic (exact) mass is 252 g/mol. The van der Waals surface area contributed by atoms with Gasteiger partial charge in [-0.1, -0.05) is 20.8 Å². The molecule has 0 saturated carbocycles. The zero-order valence-electron chi connectivity index (χ0n) is 12.5. The Morgan fingerprint density at radius 1 is 1.39 bits per heavy atom. The zero-order valence-corrected chi connectivity index (χ0v) is 12.5. The molecule has 1 rings (SSSR count). The number of furan rings is 1. The first-order valence-electron chi connectivity index (χ1n) is 6.93. The topological polar surface area (TPSA) is 28.4 Å². The molecule has 1 aromatic rings. The van der Waals surface area contributed by atoms with Crippen LogP contribution in [0.2, 0.25) is 0 Å². The van der Waals surface area contributed by atoms with Gasteiger partial charge in [0.15, 0.2) is 0 Å². The molecule has 0 aliphatic rings. The number of aryl methyl sites for hydroxylation is 1. The van der Waals surface area contributed by atoms with Gasteiger partial charge in [0, 0.05) is 25.2 Å². The van der Waals surface area contributed by atoms with E-state index >= 15 is 0 Å². The van der Waals surface area contributed by atoms with Gasteiger partial charge in [0.05, 0.1) is 6.26 Å². The summed E-state index contributed by atoms with van der Waals surface area (Å²) in [5.41, 5.74) is 1.63. The predicted octanol–water partition coefficient (Wildman–Crippen LogP) is 3.05. The third-order valence-corrected chi connectivity index (χ3v) is 3.71. The van der Waals surface area contributed by atoms with Crippen molar-refractivity contribution in [3.05, 3.63) is 23.7 Å². The number of nitrogens with zero attached hydrogens (tertiary/aromatic N) is 1. The van der Waals surface area contributed by atoms with Gasteiger partial charge in [-0.3, -0.25) is 0 Å². The third-order valence-electron chi connectivity index (χ3n) is 3.71. The molecule has 0 bridgehead atoms. The van der Waals surface area contributed by atoms with E-state index in [0.29, 0.717) is 5.41 Å². The number of hydrogen-bond donors (Lipinski definition) is 1. The van der Waals surface area contributed by atoms with Gasteiger partial charge in [-0.25, -0.2) is 0 Å². The van der Waals surface area contributed by atoms with Gasteiger partial charge in [0.25, 0.3) is 0 Å². The molecule has 0 amide bonds. The molecule has 3 heteroatoms. The highest BCUT2D eigenvalue weighted by atomic mass is 16.3. The summed E-state index contributed by atoms with van der Waals surface area (Å²) in [6.07, 6.45) is 2.96. The normalized spacial score (nSPS) is 15.0. The molecule has 0 spiro atoms. The minimum absolute atomic E-state index is 0.336. The van der Waals surface area contributed by atoms with Crippen LogP contribution in [0.15, 0.2) is 16.7 Å². The van der Waals surface area contributed by atoms with Crippen LogP contribution in [0.3, 0.4) is 0 Å². The summed E-state index contributed by atoms with van der Waals surface area (Å²) in [4.78, 5) is 2.39. The standard InChI is InChI=1S/C15H28N2O/c1-6-15(4,11-16-7-2)12-17(5)10-14-8-9-18-13(14)3/h8-9,16H,6-7,10-12H2,1-5H3. The van der Waals surface area contributed by atoms with Crippen molar-refractivity contribution in [2.45, 2.75) is 40.7 Å². The molecule has 0 aliphatic heterocycles. The summed E-state index contributed by atoms with van der Waals surface area (Å²) < 4.78 is 5.35. The Balaban J connectivity index is 2.51. The van der Waals surface area contributed by atoms with Gasteiger partial charge in [-0.2, -0.15) is 0 Å². The van der Waals surface area contributed by atoms with Crippen molar-refractivity contribution in [3.63, 3.8) is 0 Å². The van der Waals surface area contributed by atoms with Crippen molar-refractivity contribution < 1.29 is 4.42 Å². The first-order valence-corrected chi connectivity index (χ1v) is 6.93. The van der Waals surface area contributed by atoms with Crippen molar-refractivity contribution in [1.82, 2.24) is 10.2 Å². The third kappa shape index (κ3) is 4.46. The van der Waals surface area contributed by atoms with Gasteiger partial charge in [0.1, 0.15) is 5.76 Å². The fraction of sp³-hybridized carbons (Fsp3) is 0.733. The molecule has 1 N–H and O–H groups in total. The average molecular weight is 252 g/mol. The Morgan fingerprint density at radius 3 is 2.61 bits per heavy atom. The zero-order chi connectivity index (χ0) is 13.6. The Morgan fingerprint density at radius 2 is 2.11 bits per heavy atom. The minimum atomic E-state index is 0.336. The molecule has 0 aliphatic carbocycles. The van der Waals surface area contributed by atoms with E-state index < -0.39 is 0 Å². The molecule has 104 valence electrons. The molecule has 3 nitrogen and oxygen atoms in total. The second-order valence-electron chi connectivity index (χ2n) is 5.62. The van der Waals surface area contributed by atoms with Crippen molar-refractivity contribution in [1.29, 1.82) is 0 Å². The van der Waals surface area contributed by atoms with E-state index in [4.69, 9.17) is 4.42 Å². The Labute approximate surface area is 112 Å². The van der Waals surface area contributed by atoms with E-state index in [9.17, 15) is 0 Å². The fourth-order valence-corrected chi connectivity index (χ4v) is 2.29. The van der Waals surface area contributed by atoms with Gasteiger partial charge in [-0.05, 0) is 38.4 Å². The molecule has 0 saturated heterocycles. The number of nitrogens with one attached hydrogen (secondary N) is 1. The molecule has 0 aromatic carbocycles. The maximum Gasteiger partial charge on any atom is 0.105 e. The fourth-order valence-electron chi connectivity index (χ4n) is 2.29. The van der Waals surface area contributed by atoms with E-state index in [2.05, 4.69) is 44.1 Å². The highest BCUT2D eigenvalue weighted by molar-refractivity contribution is 5.15. The van der Waals surface area contributed by atoms with Crippen LogP contribution in [0.4, 0.5) is 0 Å². The van der Waals surface area contributed by atoms with Crippen molar-refractivity contribution in [2.24, 2.45) is 5.41 Å². The molecule has 1 aromatic heterocycles. The lowest BCUT2D eigenvalue weighted by Crippen LogP contribution is -2.40. The van der Waals surface area contributed by atoms with Gasteiger partial charge < -0.3 is 14.6 Å². The summed E-state index contributed by atoms with van der Waals surface area (Å²) in [6, 6.07) is 2.07. The summed E-state index contributed by atoms with van der Waals surface area (Å²) in [5, 5.41) is 3.47. The van der Waals surface area contributed by atoms with Crippen LogP contribution in [0.5, 0.6) is 0 Å². The summed E-state index contributed by atoms with van der Waals surface area (Å²) in [7, 11) is 2.19. The van der Waals surface area contributed by atoms with E-state index in [-0.39, 0.29) is 0 Å². The Bertz CT molecular complexity index is 348. The average Bonchev–Trinajstić information content (AvgIpc) is 2.72. The molecular weight excluding hydrogens is 224 g/mol. The van der Waals surface area contributed by atoms with Crippen LogP contribution in [0, 0.1) is 12.3 Å². The van der Waals surface area contributed by atoms with E-state index in [1.54, 1.807) is 6.26 Å². The van der Waals surface area contributed by atoms with E-state index in [0.717, 1.165) is 31.9 Å². The second kappa shape index (κ2) is 6.95. The minimum Gasteiger partial charge on any atom is -0.469 e. The van der Waals surface area contributed by atoms with Crippen LogP contribution in [0.25, 0.3) is 0 Å². The molecule has 1 unspecified atom stereocenters. The van der Waals surface area contributed by atoms with E-state index in [1.807, 2.05) is 6.92 Å². The van der Waals surface area contributed by atoms with Crippen LogP contribution in [0.1, 0.15) is 38.5 Å². The quantitative estimate of drug-likeness (QED) is 0.771. The lowest BCUT2D eigenvalue weighted by atomic mass is 9.86. The van der Waals surface area contributed by atoms with Crippen LogP contribution < -0.4 is 5.32 Å². The summed E-state index contributed by atoms with van der Waals surface area (Å²) in [5.74, 6) is 1.03. The maximum absolute atomic E-state index is 5.35. The highest BCUT2D eigenvalue weighted by Gasteiger charge is 2.23. The highest BCUT2D eigenvalue weighted by Crippen LogP contribution is 2.22. The molecule has 1 heterocycles. The summed E-state index contributed by atoms with van der Waals surface area (Å²) >= 11 is 0. The Hall–Kier alpha value is -0.800. The molecule has 0 fully saturated rings. The second-order valence-corrected chi connectivity index (χ2v) is 5.62. The van der Waals surface area contributed by atoms with Crippen LogP contribution in [-0.2, 0) is 6.54 Å². The van der Waals surface area contributed by atoms with Crippen molar-refractivity contribution >= 4 is 0 Å². The first-order chi connectivity index (χ1) is 8.50. The molecule has 0 radical (unpaired) electrons. The first kappa shape index (κ1) is 15.3. The number of rotatable bonds is 8. The smallest absolute Gasteiger partial charge is 0.105 e. The SMILES string of the molecule is CCNCC(C)(CC)CN(C)Cc1ccoc1C. The lowest BCUT2D eigenvalue weighted by Gasteiger charge is -2.33.